The Labute approximate surface area is 183 Å². The number of hydrogen-bond donors (Lipinski definition) is 1. The molecule has 4 nitrogen and oxygen atoms in total. The Balaban J connectivity index is 1.85. The lowest BCUT2D eigenvalue weighted by Crippen LogP contribution is -2.32. The average molecular weight is 410 g/mol. The highest BCUT2D eigenvalue weighted by Gasteiger charge is 2.20. The molecule has 0 saturated carbocycles. The van der Waals surface area contributed by atoms with Gasteiger partial charge >= 0.3 is 0 Å². The van der Waals surface area contributed by atoms with Crippen molar-refractivity contribution in [2.45, 2.75) is 59.3 Å². The number of carbonyl (C=O) groups is 1. The van der Waals surface area contributed by atoms with Gasteiger partial charge in [0.15, 0.2) is 0 Å². The summed E-state index contributed by atoms with van der Waals surface area (Å²) < 4.78 is 0. The summed E-state index contributed by atoms with van der Waals surface area (Å²) in [7, 11) is 0. The van der Waals surface area contributed by atoms with Gasteiger partial charge in [-0.3, -0.25) is 4.79 Å². The van der Waals surface area contributed by atoms with Crippen molar-refractivity contribution in [2.24, 2.45) is 16.8 Å². The first-order valence-electron chi connectivity index (χ1n) is 11.5. The fourth-order valence-electron chi connectivity index (χ4n) is 3.84. The number of likely N-dealkylation sites (tertiary alicyclic amines) is 1. The van der Waals surface area contributed by atoms with Crippen LogP contribution in [0.5, 0.6) is 0 Å². The largest absolute Gasteiger partial charge is 0.357 e. The molecule has 0 aromatic heterocycles. The minimum absolute atomic E-state index is 0.0254. The molecular weight excluding hydrogens is 370 g/mol. The monoisotopic (exact) mass is 409 g/mol. The van der Waals surface area contributed by atoms with E-state index >= 15 is 0 Å². The molecule has 0 atom stereocenters. The molecule has 0 spiro atoms. The molecule has 1 N–H and O–H groups in total. The summed E-state index contributed by atoms with van der Waals surface area (Å²) in [6, 6.07) is 10.7. The van der Waals surface area contributed by atoms with Crippen LogP contribution < -0.4 is 5.32 Å². The Morgan fingerprint density at radius 1 is 1.23 bits per heavy atom. The first-order chi connectivity index (χ1) is 14.5. The van der Waals surface area contributed by atoms with Crippen molar-refractivity contribution in [3.05, 3.63) is 59.4 Å². The van der Waals surface area contributed by atoms with E-state index in [9.17, 15) is 4.79 Å². The molecule has 0 unspecified atom stereocenters. The number of piperidine rings is 1. The first-order valence-corrected chi connectivity index (χ1v) is 11.5. The number of allylic oxidation sites excluding steroid dienone is 2. The van der Waals surface area contributed by atoms with Crippen LogP contribution in [-0.2, 0) is 11.2 Å². The number of carbonyl (C=O) groups excluding carboxylic acids is 1. The van der Waals surface area contributed by atoms with Crippen molar-refractivity contribution in [1.82, 2.24) is 10.2 Å². The molecule has 1 heterocycles. The summed E-state index contributed by atoms with van der Waals surface area (Å²) in [5.74, 6) is 2.25. The molecule has 4 heteroatoms. The smallest absolute Gasteiger partial charge is 0.247 e. The maximum atomic E-state index is 12.4. The molecule has 0 aliphatic carbocycles. The Bertz CT molecular complexity index is 713. The second-order valence-corrected chi connectivity index (χ2v) is 8.62. The molecule has 1 aliphatic rings. The molecule has 2 rings (SSSR count). The molecular formula is C26H39N3O. The van der Waals surface area contributed by atoms with Gasteiger partial charge in [0.2, 0.25) is 5.91 Å². The number of aliphatic imine (C=N–C) groups is 1. The van der Waals surface area contributed by atoms with E-state index < -0.39 is 0 Å². The number of nitrogens with zero attached hydrogens (tertiary/aromatic N) is 2. The Hall–Kier alpha value is -2.36. The van der Waals surface area contributed by atoms with E-state index in [2.05, 4.69) is 66.1 Å². The van der Waals surface area contributed by atoms with E-state index in [4.69, 9.17) is 0 Å². The highest BCUT2D eigenvalue weighted by Crippen LogP contribution is 2.25. The van der Waals surface area contributed by atoms with Gasteiger partial charge in [0.05, 0.1) is 0 Å². The normalized spacial score (nSPS) is 16.1. The summed E-state index contributed by atoms with van der Waals surface area (Å²) in [6.45, 7) is 12.8. The second-order valence-electron chi connectivity index (χ2n) is 8.62. The van der Waals surface area contributed by atoms with Crippen LogP contribution in [0.2, 0.25) is 0 Å². The first kappa shape index (κ1) is 23.9. The maximum absolute atomic E-state index is 12.4. The van der Waals surface area contributed by atoms with Crippen LogP contribution in [-0.4, -0.2) is 37.2 Å². The zero-order valence-corrected chi connectivity index (χ0v) is 19.1. The van der Waals surface area contributed by atoms with Gasteiger partial charge in [0, 0.05) is 25.2 Å². The van der Waals surface area contributed by atoms with Crippen LogP contribution in [0, 0.1) is 11.8 Å². The van der Waals surface area contributed by atoms with Gasteiger partial charge in [0.25, 0.3) is 0 Å². The third-order valence-electron chi connectivity index (χ3n) is 5.90. The third kappa shape index (κ3) is 8.17. The highest BCUT2D eigenvalue weighted by molar-refractivity contribution is 5.93. The van der Waals surface area contributed by atoms with Crippen LogP contribution >= 0.6 is 0 Å². The van der Waals surface area contributed by atoms with Gasteiger partial charge in [-0.2, -0.15) is 0 Å². The van der Waals surface area contributed by atoms with Crippen LogP contribution in [0.15, 0.2) is 58.9 Å². The number of amides is 1. The molecule has 164 valence electrons. The van der Waals surface area contributed by atoms with E-state index in [1.165, 1.54) is 24.8 Å². The molecule has 30 heavy (non-hydrogen) atoms. The van der Waals surface area contributed by atoms with E-state index in [1.807, 2.05) is 19.1 Å². The topological polar surface area (TPSA) is 44.7 Å². The van der Waals surface area contributed by atoms with Crippen LogP contribution in [0.25, 0.3) is 0 Å². The molecule has 1 aromatic carbocycles. The van der Waals surface area contributed by atoms with E-state index in [-0.39, 0.29) is 5.91 Å². The van der Waals surface area contributed by atoms with E-state index in [1.54, 1.807) is 0 Å². The number of hydrogen-bond acceptors (Lipinski definition) is 3. The van der Waals surface area contributed by atoms with Gasteiger partial charge in [-0.05, 0) is 74.8 Å². The summed E-state index contributed by atoms with van der Waals surface area (Å²) >= 11 is 0. The Kier molecular flexibility index (Phi) is 10.4. The summed E-state index contributed by atoms with van der Waals surface area (Å²) in [5.41, 5.74) is 2.22. The van der Waals surface area contributed by atoms with Crippen LogP contribution in [0.4, 0.5) is 0 Å². The fraction of sp³-hybridized carbons (Fsp3) is 0.538. The van der Waals surface area contributed by atoms with E-state index in [0.29, 0.717) is 12.3 Å². The number of nitrogens with one attached hydrogen (secondary N) is 1. The van der Waals surface area contributed by atoms with Crippen LogP contribution in [0.3, 0.4) is 0 Å². The predicted molar refractivity (Wildman–Crippen MR) is 128 cm³/mol. The molecule has 1 amide bonds. The molecule has 0 bridgehead atoms. The van der Waals surface area contributed by atoms with Crippen LogP contribution in [0.1, 0.15) is 58.4 Å². The second kappa shape index (κ2) is 13.0. The van der Waals surface area contributed by atoms with E-state index in [0.717, 1.165) is 49.8 Å². The van der Waals surface area contributed by atoms with Gasteiger partial charge in [-0.25, -0.2) is 4.99 Å². The summed E-state index contributed by atoms with van der Waals surface area (Å²) in [6.07, 6.45) is 10.3. The van der Waals surface area contributed by atoms with Gasteiger partial charge in [0.1, 0.15) is 5.82 Å². The van der Waals surface area contributed by atoms with Crippen molar-refractivity contribution in [1.29, 1.82) is 0 Å². The molecule has 1 saturated heterocycles. The van der Waals surface area contributed by atoms with Crippen molar-refractivity contribution >= 4 is 12.6 Å². The van der Waals surface area contributed by atoms with Crippen molar-refractivity contribution in [2.75, 3.05) is 19.6 Å². The standard InChI is InChI=1S/C26H39N3O/c1-5-24(26(30)28-18-15-21(2)3)13-14-25(27-4)29-19-16-23(17-20-29)12-11-22-9-7-6-8-10-22/h6-10,13-14,21,23H,4-5,11-12,15-20H2,1-3H3,(H,28,30)/b24-13+,25-14+. The lowest BCUT2D eigenvalue weighted by Gasteiger charge is -2.33. The molecule has 1 aliphatic heterocycles. The maximum Gasteiger partial charge on any atom is 0.247 e. The quantitative estimate of drug-likeness (QED) is 0.303. The van der Waals surface area contributed by atoms with Crippen molar-refractivity contribution in [3.8, 4) is 0 Å². The van der Waals surface area contributed by atoms with Crippen molar-refractivity contribution < 1.29 is 4.79 Å². The molecule has 1 fully saturated rings. The highest BCUT2D eigenvalue weighted by atomic mass is 16.1. The number of aryl methyl sites for hydroxylation is 1. The number of benzene rings is 1. The summed E-state index contributed by atoms with van der Waals surface area (Å²) in [4.78, 5) is 18.9. The lowest BCUT2D eigenvalue weighted by molar-refractivity contribution is -0.117. The van der Waals surface area contributed by atoms with Gasteiger partial charge in [-0.1, -0.05) is 51.1 Å². The third-order valence-corrected chi connectivity index (χ3v) is 5.90. The zero-order valence-electron chi connectivity index (χ0n) is 19.1. The average Bonchev–Trinajstić information content (AvgIpc) is 2.76. The predicted octanol–water partition coefficient (Wildman–Crippen LogP) is 5.37. The zero-order chi connectivity index (χ0) is 21.8. The summed E-state index contributed by atoms with van der Waals surface area (Å²) in [5, 5.41) is 3.02. The lowest BCUT2D eigenvalue weighted by atomic mass is 9.90. The fourth-order valence-corrected chi connectivity index (χ4v) is 3.84. The van der Waals surface area contributed by atoms with Crippen molar-refractivity contribution in [3.63, 3.8) is 0 Å². The molecule has 1 aromatic rings. The Morgan fingerprint density at radius 2 is 1.93 bits per heavy atom. The minimum atomic E-state index is 0.0254. The Morgan fingerprint density at radius 3 is 2.53 bits per heavy atom. The minimum Gasteiger partial charge on any atom is -0.357 e. The van der Waals surface area contributed by atoms with Gasteiger partial charge in [-0.15, -0.1) is 0 Å². The SMILES string of the molecule is C=N/C(=C\C=C(/CC)C(=O)NCCC(C)C)N1CCC(CCc2ccccc2)CC1. The van der Waals surface area contributed by atoms with Gasteiger partial charge < -0.3 is 10.2 Å². The number of rotatable bonds is 11. The molecule has 0 radical (unpaired) electrons.